The monoisotopic (exact) mass is 246 g/mol. The van der Waals surface area contributed by atoms with Gasteiger partial charge in [0.05, 0.1) is 0 Å². The number of hydrogen-bond acceptors (Lipinski definition) is 2. The van der Waals surface area contributed by atoms with Gasteiger partial charge in [0.15, 0.2) is 5.12 Å². The molecule has 0 amide bonds. The Hall–Kier alpha value is -0.260. The third kappa shape index (κ3) is 7.64. The van der Waals surface area contributed by atoms with Gasteiger partial charge in [0.1, 0.15) is 12.8 Å². The number of halogens is 4. The van der Waals surface area contributed by atoms with Crippen molar-refractivity contribution in [3.8, 4) is 0 Å². The minimum atomic E-state index is -3.23. The summed E-state index contributed by atoms with van der Waals surface area (Å²) in [6.07, 6.45) is -3.53. The molecule has 0 bridgehead atoms. The molecule has 0 aliphatic heterocycles. The van der Waals surface area contributed by atoms with E-state index in [0.717, 1.165) is 11.8 Å². The quantitative estimate of drug-likeness (QED) is 0.640. The molecule has 0 rings (SSSR count). The van der Waals surface area contributed by atoms with Gasteiger partial charge in [-0.25, -0.2) is 17.6 Å². The van der Waals surface area contributed by atoms with E-state index < -0.39 is 31.6 Å². The predicted octanol–water partition coefficient (Wildman–Crippen LogP) is 3.38. The van der Waals surface area contributed by atoms with Crippen molar-refractivity contribution in [2.75, 3.05) is 12.4 Å². The van der Waals surface area contributed by atoms with Crippen molar-refractivity contribution >= 4 is 16.9 Å². The van der Waals surface area contributed by atoms with Crippen LogP contribution in [0.15, 0.2) is 0 Å². The van der Waals surface area contributed by atoms with Crippen LogP contribution in [0.5, 0.6) is 0 Å². The van der Waals surface area contributed by atoms with Crippen molar-refractivity contribution in [1.82, 2.24) is 0 Å². The van der Waals surface area contributed by atoms with Crippen molar-refractivity contribution in [2.24, 2.45) is 0 Å². The summed E-state index contributed by atoms with van der Waals surface area (Å²) in [5, 5.41) is -0.173. The Morgan fingerprint density at radius 3 is 2.53 bits per heavy atom. The number of carbonyl (C=O) groups excluding carboxylic acids is 1. The number of hydrogen-bond donors (Lipinski definition) is 0. The Labute approximate surface area is 90.6 Å². The molecule has 0 aromatic carbocycles. The third-order valence-corrected chi connectivity index (χ3v) is 2.73. The molecule has 15 heavy (non-hydrogen) atoms. The van der Waals surface area contributed by atoms with Gasteiger partial charge in [0.2, 0.25) is 0 Å². The summed E-state index contributed by atoms with van der Waals surface area (Å²) >= 11 is 0.803. The summed E-state index contributed by atoms with van der Waals surface area (Å²) in [5.74, 6) is -3.29. The Kier molecular flexibility index (Phi) is 6.96. The van der Waals surface area contributed by atoms with Crippen molar-refractivity contribution in [3.05, 3.63) is 0 Å². The van der Waals surface area contributed by atoms with Crippen molar-refractivity contribution in [1.29, 1.82) is 0 Å². The van der Waals surface area contributed by atoms with Gasteiger partial charge < -0.3 is 0 Å². The van der Waals surface area contributed by atoms with E-state index in [1.165, 1.54) is 0 Å². The number of carbonyl (C=O) groups is 1. The van der Waals surface area contributed by atoms with Gasteiger partial charge in [-0.15, -0.1) is 0 Å². The fourth-order valence-electron chi connectivity index (χ4n) is 0.897. The highest BCUT2D eigenvalue weighted by molar-refractivity contribution is 8.13. The topological polar surface area (TPSA) is 17.1 Å². The first-order valence-corrected chi connectivity index (χ1v) is 5.63. The summed E-state index contributed by atoms with van der Waals surface area (Å²) in [7, 11) is 0. The molecule has 0 aromatic rings. The van der Waals surface area contributed by atoms with Gasteiger partial charge in [0.25, 0.3) is 5.92 Å². The van der Waals surface area contributed by atoms with E-state index in [1.807, 2.05) is 0 Å². The average molecular weight is 246 g/mol. The van der Waals surface area contributed by atoms with Crippen molar-refractivity contribution in [2.45, 2.75) is 38.3 Å². The Bertz CT molecular complexity index is 199. The lowest BCUT2D eigenvalue weighted by molar-refractivity contribution is -0.110. The van der Waals surface area contributed by atoms with Gasteiger partial charge in [0, 0.05) is 25.0 Å². The lowest BCUT2D eigenvalue weighted by atomic mass is 10.1. The Balaban J connectivity index is 3.78. The predicted molar refractivity (Wildman–Crippen MR) is 52.8 cm³/mol. The molecule has 0 aliphatic rings. The zero-order chi connectivity index (χ0) is 11.9. The average Bonchev–Trinajstić information content (AvgIpc) is 2.16. The highest BCUT2D eigenvalue weighted by atomic mass is 32.2. The fraction of sp³-hybridized carbons (Fsp3) is 0.889. The molecule has 0 heterocycles. The Morgan fingerprint density at radius 1 is 1.47 bits per heavy atom. The van der Waals surface area contributed by atoms with E-state index >= 15 is 0 Å². The van der Waals surface area contributed by atoms with Crippen LogP contribution >= 0.6 is 11.8 Å². The van der Waals surface area contributed by atoms with Crippen LogP contribution in [0.3, 0.4) is 0 Å². The molecule has 0 saturated carbocycles. The molecular formula is C9H14F4OS. The lowest BCUT2D eigenvalue weighted by Gasteiger charge is -2.16. The summed E-state index contributed by atoms with van der Waals surface area (Å²) in [4.78, 5) is 10.8. The first kappa shape index (κ1) is 14.7. The van der Waals surface area contributed by atoms with Crippen LogP contribution in [-0.4, -0.2) is 29.6 Å². The molecule has 0 saturated heterocycles. The van der Waals surface area contributed by atoms with Gasteiger partial charge in [-0.3, -0.25) is 4.79 Å². The highest BCUT2D eigenvalue weighted by Gasteiger charge is 2.32. The summed E-state index contributed by atoms with van der Waals surface area (Å²) in [6.45, 7) is 0.241. The van der Waals surface area contributed by atoms with Crippen LogP contribution in [0.2, 0.25) is 0 Å². The molecule has 0 spiro atoms. The Morgan fingerprint density at radius 2 is 2.07 bits per heavy atom. The van der Waals surface area contributed by atoms with Crippen LogP contribution in [0.25, 0.3) is 0 Å². The van der Waals surface area contributed by atoms with E-state index in [2.05, 4.69) is 0 Å². The van der Waals surface area contributed by atoms with Crippen LogP contribution in [0.1, 0.15) is 26.2 Å². The molecule has 0 aliphatic carbocycles. The van der Waals surface area contributed by atoms with Crippen LogP contribution in [-0.2, 0) is 4.79 Å². The number of thioether (sulfide) groups is 1. The van der Waals surface area contributed by atoms with E-state index in [1.54, 1.807) is 6.92 Å². The molecule has 90 valence electrons. The number of alkyl halides is 4. The van der Waals surface area contributed by atoms with Crippen LogP contribution in [0.4, 0.5) is 17.6 Å². The molecule has 0 aromatic heterocycles. The van der Waals surface area contributed by atoms with E-state index in [4.69, 9.17) is 0 Å². The number of rotatable bonds is 7. The van der Waals surface area contributed by atoms with Gasteiger partial charge in [-0.1, -0.05) is 18.7 Å². The molecule has 6 heteroatoms. The zero-order valence-corrected chi connectivity index (χ0v) is 9.26. The highest BCUT2D eigenvalue weighted by Crippen LogP contribution is 2.28. The minimum Gasteiger partial charge on any atom is -0.287 e. The largest absolute Gasteiger partial charge is 0.287 e. The molecular weight excluding hydrogens is 232 g/mol. The third-order valence-electron chi connectivity index (χ3n) is 1.71. The fourth-order valence-corrected chi connectivity index (χ4v) is 1.73. The first-order valence-electron chi connectivity index (χ1n) is 4.64. The molecule has 0 fully saturated rings. The summed E-state index contributed by atoms with van der Waals surface area (Å²) in [6, 6.07) is 0. The summed E-state index contributed by atoms with van der Waals surface area (Å²) < 4.78 is 49.8. The van der Waals surface area contributed by atoms with Crippen molar-refractivity contribution < 1.29 is 22.4 Å². The van der Waals surface area contributed by atoms with E-state index in [0.29, 0.717) is 0 Å². The second kappa shape index (κ2) is 7.09. The molecule has 0 N–H and O–H groups in total. The van der Waals surface area contributed by atoms with Crippen LogP contribution < -0.4 is 0 Å². The zero-order valence-electron chi connectivity index (χ0n) is 8.44. The minimum absolute atomic E-state index is 0.0569. The van der Waals surface area contributed by atoms with Crippen LogP contribution in [0, 0.1) is 0 Å². The van der Waals surface area contributed by atoms with E-state index in [9.17, 15) is 22.4 Å². The molecule has 1 nitrogen and oxygen atoms in total. The van der Waals surface area contributed by atoms with Gasteiger partial charge >= 0.3 is 0 Å². The SMILES string of the molecule is CCC(=O)SCCC(F)(F)CC(F)CF. The van der Waals surface area contributed by atoms with Gasteiger partial charge in [-0.05, 0) is 0 Å². The summed E-state index contributed by atoms with van der Waals surface area (Å²) in [5.41, 5.74) is 0. The van der Waals surface area contributed by atoms with Gasteiger partial charge in [-0.2, -0.15) is 0 Å². The maximum Gasteiger partial charge on any atom is 0.251 e. The van der Waals surface area contributed by atoms with Crippen molar-refractivity contribution in [3.63, 3.8) is 0 Å². The molecule has 0 radical (unpaired) electrons. The lowest BCUT2D eigenvalue weighted by Crippen LogP contribution is -2.23. The molecule has 1 atom stereocenters. The molecule has 1 unspecified atom stereocenters. The maximum absolute atomic E-state index is 12.9. The van der Waals surface area contributed by atoms with E-state index in [-0.39, 0.29) is 17.3 Å². The standard InChI is InChI=1S/C9H14F4OS/c1-2-8(14)15-4-3-9(12,13)5-7(11)6-10/h7H,2-6H2,1H3. The smallest absolute Gasteiger partial charge is 0.251 e. The second-order valence-corrected chi connectivity index (χ2v) is 4.29. The second-order valence-electron chi connectivity index (χ2n) is 3.14. The maximum atomic E-state index is 12.9. The normalized spacial score (nSPS) is 13.9. The first-order chi connectivity index (χ1) is 6.91.